The van der Waals surface area contributed by atoms with E-state index in [4.69, 9.17) is 14.3 Å². The normalized spacial score (nSPS) is 11.5. The van der Waals surface area contributed by atoms with Crippen LogP contribution in [-0.4, -0.2) is 22.8 Å². The molecule has 0 atom stereocenters. The van der Waals surface area contributed by atoms with Crippen molar-refractivity contribution in [2.75, 3.05) is 0 Å². The smallest absolute Gasteiger partial charge is 0.408 e. The van der Waals surface area contributed by atoms with Gasteiger partial charge in [0.05, 0.1) is 13.0 Å². The van der Waals surface area contributed by atoms with Gasteiger partial charge in [0.1, 0.15) is 22.8 Å². The SMILES string of the molecule is CC(C)(C)OC(=O)NCc1cc2cc(F)cc(CC(=O)O)c2o1. The molecule has 1 amide bonds. The van der Waals surface area contributed by atoms with Gasteiger partial charge in [0.25, 0.3) is 0 Å². The van der Waals surface area contributed by atoms with Crippen LogP contribution in [0.5, 0.6) is 0 Å². The second-order valence-electron chi connectivity index (χ2n) is 6.12. The summed E-state index contributed by atoms with van der Waals surface area (Å²) in [6.07, 6.45) is -0.948. The van der Waals surface area contributed by atoms with Gasteiger partial charge in [-0.2, -0.15) is 0 Å². The largest absolute Gasteiger partial charge is 0.481 e. The molecular weight excluding hydrogens is 305 g/mol. The summed E-state index contributed by atoms with van der Waals surface area (Å²) >= 11 is 0. The second-order valence-corrected chi connectivity index (χ2v) is 6.12. The van der Waals surface area contributed by atoms with Crippen molar-refractivity contribution in [3.05, 3.63) is 35.3 Å². The topological polar surface area (TPSA) is 88.8 Å². The maximum Gasteiger partial charge on any atom is 0.408 e. The number of carbonyl (C=O) groups is 2. The molecule has 0 aliphatic heterocycles. The van der Waals surface area contributed by atoms with Crippen LogP contribution < -0.4 is 5.32 Å². The van der Waals surface area contributed by atoms with Gasteiger partial charge in [-0.15, -0.1) is 0 Å². The Morgan fingerprint density at radius 2 is 2.00 bits per heavy atom. The molecule has 6 nitrogen and oxygen atoms in total. The number of carboxylic acid groups (broad SMARTS) is 1. The molecule has 0 aliphatic rings. The first-order valence-electron chi connectivity index (χ1n) is 7.03. The number of halogens is 1. The van der Waals surface area contributed by atoms with Crippen LogP contribution in [0.25, 0.3) is 11.0 Å². The Hall–Kier alpha value is -2.57. The molecule has 2 N–H and O–H groups in total. The van der Waals surface area contributed by atoms with Crippen LogP contribution in [0.1, 0.15) is 32.1 Å². The van der Waals surface area contributed by atoms with Gasteiger partial charge in [0, 0.05) is 10.9 Å². The van der Waals surface area contributed by atoms with Gasteiger partial charge < -0.3 is 19.6 Å². The first kappa shape index (κ1) is 16.8. The van der Waals surface area contributed by atoms with E-state index in [2.05, 4.69) is 5.32 Å². The molecule has 23 heavy (non-hydrogen) atoms. The summed E-state index contributed by atoms with van der Waals surface area (Å²) in [6, 6.07) is 3.94. The molecule has 0 bridgehead atoms. The average Bonchev–Trinajstić information content (AvgIpc) is 2.76. The molecular formula is C16H18FNO5. The minimum Gasteiger partial charge on any atom is -0.481 e. The molecule has 1 aromatic carbocycles. The average molecular weight is 323 g/mol. The Balaban J connectivity index is 2.17. The first-order valence-corrected chi connectivity index (χ1v) is 7.03. The molecule has 0 aliphatic carbocycles. The first-order chi connectivity index (χ1) is 10.6. The van der Waals surface area contributed by atoms with Crippen molar-refractivity contribution in [1.82, 2.24) is 5.32 Å². The number of rotatable bonds is 4. The Labute approximate surface area is 132 Å². The summed E-state index contributed by atoms with van der Waals surface area (Å²) < 4.78 is 24.2. The summed E-state index contributed by atoms with van der Waals surface area (Å²) in [6.45, 7) is 5.29. The zero-order valence-corrected chi connectivity index (χ0v) is 13.1. The number of aliphatic carboxylic acids is 1. The maximum atomic E-state index is 13.5. The van der Waals surface area contributed by atoms with Crippen molar-refractivity contribution in [3.8, 4) is 0 Å². The predicted molar refractivity (Wildman–Crippen MR) is 80.6 cm³/mol. The highest BCUT2D eigenvalue weighted by Crippen LogP contribution is 2.25. The van der Waals surface area contributed by atoms with Crippen LogP contribution in [-0.2, 0) is 22.5 Å². The van der Waals surface area contributed by atoms with E-state index in [-0.39, 0.29) is 18.5 Å². The van der Waals surface area contributed by atoms with E-state index >= 15 is 0 Å². The molecule has 0 spiro atoms. The van der Waals surface area contributed by atoms with Crippen molar-refractivity contribution in [2.24, 2.45) is 0 Å². The monoisotopic (exact) mass is 323 g/mol. The third kappa shape index (κ3) is 4.70. The van der Waals surface area contributed by atoms with Crippen molar-refractivity contribution in [1.29, 1.82) is 0 Å². The zero-order chi connectivity index (χ0) is 17.2. The lowest BCUT2D eigenvalue weighted by Gasteiger charge is -2.19. The molecule has 2 aromatic rings. The molecule has 0 saturated heterocycles. The summed E-state index contributed by atoms with van der Waals surface area (Å²) in [7, 11) is 0. The molecule has 7 heteroatoms. The van der Waals surface area contributed by atoms with Gasteiger partial charge in [0.15, 0.2) is 0 Å². The Morgan fingerprint density at radius 3 is 2.61 bits per heavy atom. The number of ether oxygens (including phenoxy) is 1. The minimum atomic E-state index is -1.08. The standard InChI is InChI=1S/C16H18FNO5/c1-16(2,3)23-15(21)18-8-12-6-9-4-11(17)5-10(7-13(19)20)14(9)22-12/h4-6H,7-8H2,1-3H3,(H,18,21)(H,19,20). The van der Waals surface area contributed by atoms with E-state index in [0.717, 1.165) is 6.07 Å². The molecule has 0 unspecified atom stereocenters. The lowest BCUT2D eigenvalue weighted by molar-refractivity contribution is -0.136. The molecule has 1 aromatic heterocycles. The fourth-order valence-corrected chi connectivity index (χ4v) is 2.09. The fourth-order valence-electron chi connectivity index (χ4n) is 2.09. The van der Waals surface area contributed by atoms with Crippen LogP contribution in [0.15, 0.2) is 22.6 Å². The van der Waals surface area contributed by atoms with Gasteiger partial charge >= 0.3 is 12.1 Å². The highest BCUT2D eigenvalue weighted by atomic mass is 19.1. The number of furan rings is 1. The zero-order valence-electron chi connectivity index (χ0n) is 13.1. The lowest BCUT2D eigenvalue weighted by atomic mass is 10.1. The van der Waals surface area contributed by atoms with Crippen molar-refractivity contribution < 1.29 is 28.2 Å². The van der Waals surface area contributed by atoms with E-state index in [1.54, 1.807) is 26.8 Å². The summed E-state index contributed by atoms with van der Waals surface area (Å²) in [5, 5.41) is 11.8. The Morgan fingerprint density at radius 1 is 1.30 bits per heavy atom. The number of alkyl carbamates (subject to hydrolysis) is 1. The molecule has 124 valence electrons. The van der Waals surface area contributed by atoms with Crippen LogP contribution in [0.4, 0.5) is 9.18 Å². The van der Waals surface area contributed by atoms with Crippen LogP contribution in [0.2, 0.25) is 0 Å². The quantitative estimate of drug-likeness (QED) is 0.902. The minimum absolute atomic E-state index is 0.0533. The number of carbonyl (C=O) groups excluding carboxylic acids is 1. The van der Waals surface area contributed by atoms with Crippen molar-refractivity contribution in [3.63, 3.8) is 0 Å². The highest BCUT2D eigenvalue weighted by molar-refractivity contribution is 5.85. The second kappa shape index (κ2) is 6.28. The van der Waals surface area contributed by atoms with Crippen LogP contribution >= 0.6 is 0 Å². The number of hydrogen-bond acceptors (Lipinski definition) is 4. The maximum absolute atomic E-state index is 13.5. The summed E-state index contributed by atoms with van der Waals surface area (Å²) in [5.41, 5.74) is -0.0683. The molecule has 2 rings (SSSR count). The number of nitrogens with one attached hydrogen (secondary N) is 1. The number of fused-ring (bicyclic) bond motifs is 1. The molecule has 0 saturated carbocycles. The van der Waals surface area contributed by atoms with E-state index in [0.29, 0.717) is 16.7 Å². The van der Waals surface area contributed by atoms with Gasteiger partial charge in [0.2, 0.25) is 0 Å². The fraction of sp³-hybridized carbons (Fsp3) is 0.375. The summed E-state index contributed by atoms with van der Waals surface area (Å²) in [4.78, 5) is 22.4. The number of hydrogen-bond donors (Lipinski definition) is 2. The number of carboxylic acids is 1. The molecule has 0 fully saturated rings. The van der Waals surface area contributed by atoms with Crippen LogP contribution in [0.3, 0.4) is 0 Å². The lowest BCUT2D eigenvalue weighted by Crippen LogP contribution is -2.32. The van der Waals surface area contributed by atoms with E-state index in [9.17, 15) is 14.0 Å². The van der Waals surface area contributed by atoms with Crippen molar-refractivity contribution >= 4 is 23.0 Å². The van der Waals surface area contributed by atoms with E-state index in [1.807, 2.05) is 0 Å². The summed E-state index contributed by atoms with van der Waals surface area (Å²) in [5.74, 6) is -1.24. The van der Waals surface area contributed by atoms with Gasteiger partial charge in [-0.3, -0.25) is 4.79 Å². The molecule has 1 heterocycles. The Kier molecular flexibility index (Phi) is 4.58. The number of benzene rings is 1. The van der Waals surface area contributed by atoms with Crippen LogP contribution in [0, 0.1) is 5.82 Å². The van der Waals surface area contributed by atoms with E-state index < -0.39 is 23.5 Å². The molecule has 0 radical (unpaired) electrons. The predicted octanol–water partition coefficient (Wildman–Crippen LogP) is 3.22. The number of amides is 1. The van der Waals surface area contributed by atoms with Gasteiger partial charge in [-0.1, -0.05) is 0 Å². The third-order valence-electron chi connectivity index (χ3n) is 2.86. The van der Waals surface area contributed by atoms with Gasteiger partial charge in [-0.25, -0.2) is 9.18 Å². The van der Waals surface area contributed by atoms with Crippen molar-refractivity contribution in [2.45, 2.75) is 39.3 Å². The Bertz CT molecular complexity index is 745. The van der Waals surface area contributed by atoms with E-state index in [1.165, 1.54) is 6.07 Å². The van der Waals surface area contributed by atoms with Gasteiger partial charge in [-0.05, 0) is 39.0 Å². The third-order valence-corrected chi connectivity index (χ3v) is 2.86. The highest BCUT2D eigenvalue weighted by Gasteiger charge is 2.17.